The number of fused-ring (bicyclic) bond motifs is 1. The van der Waals surface area contributed by atoms with E-state index in [0.29, 0.717) is 5.75 Å². The molecule has 0 radical (unpaired) electrons. The third kappa shape index (κ3) is 3.18. The van der Waals surface area contributed by atoms with E-state index in [9.17, 15) is 14.4 Å². The van der Waals surface area contributed by atoms with Crippen LogP contribution < -0.4 is 4.74 Å². The van der Waals surface area contributed by atoms with Crippen molar-refractivity contribution in [2.24, 2.45) is 0 Å². The summed E-state index contributed by atoms with van der Waals surface area (Å²) in [7, 11) is 1.30. The first-order valence-electron chi connectivity index (χ1n) is 7.89. The maximum Gasteiger partial charge on any atom is 0.330 e. The van der Waals surface area contributed by atoms with Crippen LogP contribution in [0.5, 0.6) is 5.75 Å². The van der Waals surface area contributed by atoms with Crippen LogP contribution in [-0.4, -0.2) is 64.1 Å². The van der Waals surface area contributed by atoms with Gasteiger partial charge in [0.2, 0.25) is 5.91 Å². The number of methoxy groups -OCH3 is 1. The maximum atomic E-state index is 12.6. The van der Waals surface area contributed by atoms with Crippen molar-refractivity contribution < 1.29 is 23.9 Å². The van der Waals surface area contributed by atoms with Gasteiger partial charge in [0, 0.05) is 4.75 Å². The van der Waals surface area contributed by atoms with Crippen molar-refractivity contribution in [2.45, 2.75) is 30.1 Å². The predicted molar refractivity (Wildman–Crippen MR) is 91.8 cm³/mol. The minimum Gasteiger partial charge on any atom is -0.484 e. The number of hydrogen-bond acceptors (Lipinski definition) is 6. The van der Waals surface area contributed by atoms with E-state index in [1.54, 1.807) is 12.1 Å². The first-order chi connectivity index (χ1) is 11.8. The Morgan fingerprint density at radius 2 is 1.96 bits per heavy atom. The van der Waals surface area contributed by atoms with E-state index >= 15 is 0 Å². The van der Waals surface area contributed by atoms with Crippen LogP contribution in [0.25, 0.3) is 0 Å². The maximum absolute atomic E-state index is 12.6. The van der Waals surface area contributed by atoms with Gasteiger partial charge in [-0.1, -0.05) is 18.2 Å². The van der Waals surface area contributed by atoms with Gasteiger partial charge in [0.25, 0.3) is 5.91 Å². The second kappa shape index (κ2) is 6.59. The Labute approximate surface area is 150 Å². The molecule has 2 aliphatic rings. The Bertz CT molecular complexity index is 694. The fraction of sp³-hybridized carbons (Fsp3) is 0.471. The van der Waals surface area contributed by atoms with Gasteiger partial charge in [0.15, 0.2) is 12.1 Å². The second-order valence-corrected chi connectivity index (χ2v) is 8.11. The first kappa shape index (κ1) is 17.6. The molecule has 0 bridgehead atoms. The van der Waals surface area contributed by atoms with Crippen molar-refractivity contribution in [1.82, 2.24) is 9.80 Å². The fourth-order valence-electron chi connectivity index (χ4n) is 3.11. The average Bonchev–Trinajstić information content (AvgIpc) is 3.05. The van der Waals surface area contributed by atoms with Crippen molar-refractivity contribution in [3.8, 4) is 5.75 Å². The zero-order valence-electron chi connectivity index (χ0n) is 14.3. The zero-order chi connectivity index (χ0) is 18.2. The Morgan fingerprint density at radius 3 is 2.60 bits per heavy atom. The molecule has 2 unspecified atom stereocenters. The van der Waals surface area contributed by atoms with Crippen molar-refractivity contribution >= 4 is 29.5 Å². The number of nitrogens with zero attached hydrogens (tertiary/aromatic N) is 2. The van der Waals surface area contributed by atoms with Gasteiger partial charge in [-0.25, -0.2) is 4.79 Å². The normalized spacial score (nSPS) is 24.2. The van der Waals surface area contributed by atoms with Crippen LogP contribution in [0.1, 0.15) is 13.8 Å². The number of ether oxygens (including phenoxy) is 2. The quantitative estimate of drug-likeness (QED) is 0.745. The van der Waals surface area contributed by atoms with Crippen LogP contribution in [0.15, 0.2) is 30.3 Å². The summed E-state index contributed by atoms with van der Waals surface area (Å²) < 4.78 is 9.79. The van der Waals surface area contributed by atoms with Crippen LogP contribution in [0.2, 0.25) is 0 Å². The summed E-state index contributed by atoms with van der Waals surface area (Å²) in [4.78, 5) is 40.1. The number of carbonyl (C=O) groups excluding carboxylic acids is 3. The minimum absolute atomic E-state index is 0.0573. The molecule has 2 fully saturated rings. The summed E-state index contributed by atoms with van der Waals surface area (Å²) >= 11 is 1.41. The monoisotopic (exact) mass is 364 g/mol. The van der Waals surface area contributed by atoms with E-state index in [-0.39, 0.29) is 25.0 Å². The van der Waals surface area contributed by atoms with Gasteiger partial charge in [0.1, 0.15) is 18.3 Å². The molecule has 134 valence electrons. The van der Waals surface area contributed by atoms with Crippen LogP contribution in [0.3, 0.4) is 0 Å². The Kier molecular flexibility index (Phi) is 4.64. The van der Waals surface area contributed by atoms with Crippen LogP contribution in [0.4, 0.5) is 0 Å². The molecule has 2 aliphatic heterocycles. The molecule has 0 saturated carbocycles. The van der Waals surface area contributed by atoms with Gasteiger partial charge >= 0.3 is 5.97 Å². The SMILES string of the molecule is COC(=O)C1N2C(=O)CN(C(=O)COc3ccccc3)C2SC1(C)C. The number of amides is 2. The predicted octanol–water partition coefficient (Wildman–Crippen LogP) is 1.09. The first-order valence-corrected chi connectivity index (χ1v) is 8.77. The summed E-state index contributed by atoms with van der Waals surface area (Å²) in [5.41, 5.74) is -0.515. The van der Waals surface area contributed by atoms with E-state index in [1.807, 2.05) is 32.0 Å². The molecule has 2 saturated heterocycles. The van der Waals surface area contributed by atoms with E-state index in [0.717, 1.165) is 0 Å². The van der Waals surface area contributed by atoms with Gasteiger partial charge in [-0.05, 0) is 26.0 Å². The van der Waals surface area contributed by atoms with E-state index < -0.39 is 22.3 Å². The molecule has 25 heavy (non-hydrogen) atoms. The molecular formula is C17H20N2O5S. The molecule has 2 heterocycles. The fourth-order valence-corrected chi connectivity index (χ4v) is 4.66. The Morgan fingerprint density at radius 1 is 1.28 bits per heavy atom. The molecule has 8 heteroatoms. The summed E-state index contributed by atoms with van der Waals surface area (Å²) in [6.45, 7) is 3.52. The standard InChI is InChI=1S/C17H20N2O5S/c1-17(2)14(15(22)23-3)19-12(20)9-18(16(19)25-17)13(21)10-24-11-7-5-4-6-8-11/h4-8,14,16H,9-10H2,1-3H3. The van der Waals surface area contributed by atoms with Crippen LogP contribution in [-0.2, 0) is 19.1 Å². The molecule has 2 amide bonds. The minimum atomic E-state index is -0.715. The lowest BCUT2D eigenvalue weighted by molar-refractivity contribution is -0.152. The van der Waals surface area contributed by atoms with Crippen molar-refractivity contribution in [3.63, 3.8) is 0 Å². The zero-order valence-corrected chi connectivity index (χ0v) is 15.1. The largest absolute Gasteiger partial charge is 0.484 e. The lowest BCUT2D eigenvalue weighted by Gasteiger charge is -2.27. The molecule has 1 aromatic carbocycles. The highest BCUT2D eigenvalue weighted by Gasteiger charge is 2.59. The van der Waals surface area contributed by atoms with Gasteiger partial charge in [-0.15, -0.1) is 11.8 Å². The molecule has 3 rings (SSSR count). The molecule has 0 N–H and O–H groups in total. The molecule has 0 aliphatic carbocycles. The van der Waals surface area contributed by atoms with Gasteiger partial charge < -0.3 is 14.4 Å². The van der Waals surface area contributed by atoms with E-state index in [4.69, 9.17) is 9.47 Å². The smallest absolute Gasteiger partial charge is 0.330 e. The highest BCUT2D eigenvalue weighted by molar-refractivity contribution is 8.01. The number of carbonyl (C=O) groups is 3. The van der Waals surface area contributed by atoms with Gasteiger partial charge in [0.05, 0.1) is 7.11 Å². The topological polar surface area (TPSA) is 76.2 Å². The van der Waals surface area contributed by atoms with Crippen LogP contribution >= 0.6 is 11.8 Å². The molecule has 0 aromatic heterocycles. The molecular weight excluding hydrogens is 344 g/mol. The molecule has 7 nitrogen and oxygen atoms in total. The summed E-state index contributed by atoms with van der Waals surface area (Å²) in [5, 5.41) is 0. The van der Waals surface area contributed by atoms with Crippen LogP contribution in [0, 0.1) is 0 Å². The van der Waals surface area contributed by atoms with E-state index in [2.05, 4.69) is 0 Å². The average molecular weight is 364 g/mol. The second-order valence-electron chi connectivity index (χ2n) is 6.40. The lowest BCUT2D eigenvalue weighted by Crippen LogP contribution is -2.49. The Hall–Kier alpha value is -2.22. The highest BCUT2D eigenvalue weighted by atomic mass is 32.2. The van der Waals surface area contributed by atoms with Gasteiger partial charge in [-0.2, -0.15) is 0 Å². The number of esters is 1. The number of rotatable bonds is 4. The van der Waals surface area contributed by atoms with E-state index in [1.165, 1.54) is 28.7 Å². The molecule has 0 spiro atoms. The molecule has 2 atom stereocenters. The van der Waals surface area contributed by atoms with Crippen molar-refractivity contribution in [2.75, 3.05) is 20.3 Å². The Balaban J connectivity index is 1.73. The number of thioether (sulfide) groups is 1. The summed E-state index contributed by atoms with van der Waals surface area (Å²) in [6.07, 6.45) is 0. The number of hydrogen-bond donors (Lipinski definition) is 0. The highest BCUT2D eigenvalue weighted by Crippen LogP contribution is 2.48. The molecule has 1 aromatic rings. The number of para-hydroxylation sites is 1. The summed E-state index contributed by atoms with van der Waals surface area (Å²) in [5.74, 6) is -0.432. The van der Waals surface area contributed by atoms with Gasteiger partial charge in [-0.3, -0.25) is 14.5 Å². The van der Waals surface area contributed by atoms with Crippen molar-refractivity contribution in [1.29, 1.82) is 0 Å². The third-order valence-corrected chi connectivity index (χ3v) is 5.82. The third-order valence-electron chi connectivity index (χ3n) is 4.29. The van der Waals surface area contributed by atoms with Crippen molar-refractivity contribution in [3.05, 3.63) is 30.3 Å². The number of benzene rings is 1. The summed E-state index contributed by atoms with van der Waals surface area (Å²) in [6, 6.07) is 8.29. The lowest BCUT2D eigenvalue weighted by atomic mass is 10.0.